The summed E-state index contributed by atoms with van der Waals surface area (Å²) in [6, 6.07) is 4.26. The van der Waals surface area contributed by atoms with E-state index in [-0.39, 0.29) is 22.6 Å². The minimum absolute atomic E-state index is 0.0558. The molecule has 0 radical (unpaired) electrons. The fourth-order valence-electron chi connectivity index (χ4n) is 1.10. The van der Waals surface area contributed by atoms with Gasteiger partial charge in [0, 0.05) is 18.0 Å². The van der Waals surface area contributed by atoms with Crippen LogP contribution in [0, 0.1) is 5.92 Å². The summed E-state index contributed by atoms with van der Waals surface area (Å²) < 4.78 is 0. The third-order valence-electron chi connectivity index (χ3n) is 2.26. The molecule has 6 heteroatoms. The van der Waals surface area contributed by atoms with Crippen molar-refractivity contribution >= 4 is 34.7 Å². The molecule has 1 unspecified atom stereocenters. The van der Waals surface area contributed by atoms with E-state index in [4.69, 9.17) is 29.6 Å². The highest BCUT2D eigenvalue weighted by atomic mass is 35.5. The molecule has 0 bridgehead atoms. The minimum Gasteiger partial charge on any atom is -0.506 e. The molecule has 1 atom stereocenters. The van der Waals surface area contributed by atoms with E-state index in [1.807, 2.05) is 6.92 Å². The first-order valence-electron chi connectivity index (χ1n) is 4.98. The molecule has 1 aromatic rings. The van der Waals surface area contributed by atoms with Crippen LogP contribution in [0.1, 0.15) is 17.3 Å². The second-order valence-electron chi connectivity index (χ2n) is 3.68. The van der Waals surface area contributed by atoms with Crippen LogP contribution in [0.15, 0.2) is 18.2 Å². The van der Waals surface area contributed by atoms with Crippen LogP contribution < -0.4 is 11.1 Å². The summed E-state index contributed by atoms with van der Waals surface area (Å²) >= 11 is 10.5. The summed E-state index contributed by atoms with van der Waals surface area (Å²) in [5.41, 5.74) is 5.81. The first kappa shape index (κ1) is 13.7. The van der Waals surface area contributed by atoms with Gasteiger partial charge < -0.3 is 16.2 Å². The van der Waals surface area contributed by atoms with Crippen molar-refractivity contribution in [1.29, 1.82) is 0 Å². The van der Waals surface area contributed by atoms with Crippen molar-refractivity contribution in [1.82, 2.24) is 5.32 Å². The number of amides is 1. The lowest BCUT2D eigenvalue weighted by Gasteiger charge is -2.11. The largest absolute Gasteiger partial charge is 0.506 e. The molecule has 0 heterocycles. The Bertz CT molecular complexity index is 451. The van der Waals surface area contributed by atoms with Gasteiger partial charge in [0.2, 0.25) is 0 Å². The van der Waals surface area contributed by atoms with Crippen molar-refractivity contribution in [2.24, 2.45) is 11.7 Å². The number of rotatable bonds is 4. The average Bonchev–Trinajstić information content (AvgIpc) is 2.28. The topological polar surface area (TPSA) is 75.3 Å². The molecular weight excluding hydrogens is 260 g/mol. The molecule has 0 aliphatic rings. The maximum absolute atomic E-state index is 11.7. The first-order valence-corrected chi connectivity index (χ1v) is 5.76. The van der Waals surface area contributed by atoms with Crippen LogP contribution in [0.5, 0.6) is 5.75 Å². The van der Waals surface area contributed by atoms with Crippen molar-refractivity contribution in [2.45, 2.75) is 6.92 Å². The van der Waals surface area contributed by atoms with E-state index < -0.39 is 0 Å². The second-order valence-corrected chi connectivity index (χ2v) is 4.56. The summed E-state index contributed by atoms with van der Waals surface area (Å²) in [4.78, 5) is 12.1. The summed E-state index contributed by atoms with van der Waals surface area (Å²) in [5.74, 6) is -0.406. The van der Waals surface area contributed by atoms with Gasteiger partial charge in [0.15, 0.2) is 0 Å². The monoisotopic (exact) mass is 272 g/mol. The Morgan fingerprint density at radius 2 is 2.29 bits per heavy atom. The van der Waals surface area contributed by atoms with Crippen molar-refractivity contribution < 1.29 is 9.90 Å². The number of carbonyl (C=O) groups excluding carboxylic acids is 1. The molecule has 0 aromatic heterocycles. The number of halogens is 1. The minimum atomic E-state index is -0.282. The Kier molecular flexibility index (Phi) is 4.72. The number of thiocarbonyl (C=S) groups is 1. The van der Waals surface area contributed by atoms with Crippen LogP contribution in [0.3, 0.4) is 0 Å². The van der Waals surface area contributed by atoms with Crippen LogP contribution in [0.25, 0.3) is 0 Å². The van der Waals surface area contributed by atoms with Crippen LogP contribution >= 0.6 is 23.8 Å². The van der Waals surface area contributed by atoms with E-state index >= 15 is 0 Å². The number of carbonyl (C=O) groups is 1. The Balaban J connectivity index is 2.64. The number of hydrogen-bond acceptors (Lipinski definition) is 3. The number of phenolic OH excluding ortho intramolecular Hbond substituents is 1. The summed E-state index contributed by atoms with van der Waals surface area (Å²) in [6.07, 6.45) is 0. The van der Waals surface area contributed by atoms with Gasteiger partial charge in [-0.15, -0.1) is 0 Å². The van der Waals surface area contributed by atoms with Gasteiger partial charge in [-0.05, 0) is 18.2 Å². The summed E-state index contributed by atoms with van der Waals surface area (Å²) in [7, 11) is 0. The molecular formula is C11H13ClN2O2S. The lowest BCUT2D eigenvalue weighted by atomic mass is 10.1. The SMILES string of the molecule is CC(CNC(=O)c1ccc(O)c(Cl)c1)C(N)=S. The van der Waals surface area contributed by atoms with Crippen molar-refractivity contribution in [3.63, 3.8) is 0 Å². The van der Waals surface area contributed by atoms with Crippen LogP contribution in [-0.4, -0.2) is 22.5 Å². The fraction of sp³-hybridized carbons (Fsp3) is 0.273. The molecule has 1 rings (SSSR count). The van der Waals surface area contributed by atoms with Crippen molar-refractivity contribution in [3.05, 3.63) is 28.8 Å². The molecule has 4 nitrogen and oxygen atoms in total. The molecule has 1 amide bonds. The molecule has 92 valence electrons. The maximum atomic E-state index is 11.7. The zero-order valence-corrected chi connectivity index (χ0v) is 10.8. The Morgan fingerprint density at radius 1 is 1.65 bits per heavy atom. The van der Waals surface area contributed by atoms with Crippen molar-refractivity contribution in [2.75, 3.05) is 6.54 Å². The van der Waals surface area contributed by atoms with Crippen LogP contribution in [-0.2, 0) is 0 Å². The Hall–Kier alpha value is -1.33. The van der Waals surface area contributed by atoms with E-state index in [0.29, 0.717) is 17.1 Å². The summed E-state index contributed by atoms with van der Waals surface area (Å²) in [5, 5.41) is 12.0. The molecule has 0 spiro atoms. The van der Waals surface area contributed by atoms with E-state index in [1.54, 1.807) is 0 Å². The average molecular weight is 273 g/mol. The van der Waals surface area contributed by atoms with Crippen LogP contribution in [0.4, 0.5) is 0 Å². The third-order valence-corrected chi connectivity index (χ3v) is 2.97. The predicted molar refractivity (Wildman–Crippen MR) is 71.4 cm³/mol. The van der Waals surface area contributed by atoms with Gasteiger partial charge in [-0.3, -0.25) is 4.79 Å². The van der Waals surface area contributed by atoms with E-state index in [2.05, 4.69) is 5.32 Å². The number of phenols is 1. The molecule has 0 aliphatic carbocycles. The molecule has 0 fully saturated rings. The standard InChI is InChI=1S/C11H13ClN2O2S/c1-6(10(13)17)5-14-11(16)7-2-3-9(15)8(12)4-7/h2-4,6,15H,5H2,1H3,(H2,13,17)(H,14,16). The molecule has 0 saturated carbocycles. The van der Waals surface area contributed by atoms with E-state index in [9.17, 15) is 9.90 Å². The number of nitrogens with one attached hydrogen (secondary N) is 1. The zero-order chi connectivity index (χ0) is 13.0. The number of hydrogen-bond donors (Lipinski definition) is 3. The molecule has 0 aliphatic heterocycles. The highest BCUT2D eigenvalue weighted by Gasteiger charge is 2.10. The van der Waals surface area contributed by atoms with Gasteiger partial charge >= 0.3 is 0 Å². The number of aromatic hydroxyl groups is 1. The number of nitrogens with two attached hydrogens (primary N) is 1. The highest BCUT2D eigenvalue weighted by molar-refractivity contribution is 7.80. The molecule has 0 saturated heterocycles. The molecule has 17 heavy (non-hydrogen) atoms. The summed E-state index contributed by atoms with van der Waals surface area (Å²) in [6.45, 7) is 2.19. The van der Waals surface area contributed by atoms with Gasteiger partial charge in [0.25, 0.3) is 5.91 Å². The van der Waals surface area contributed by atoms with Gasteiger partial charge in [0.05, 0.1) is 10.0 Å². The fourth-order valence-corrected chi connectivity index (χ4v) is 1.36. The van der Waals surface area contributed by atoms with Gasteiger partial charge in [-0.25, -0.2) is 0 Å². The Morgan fingerprint density at radius 3 is 2.82 bits per heavy atom. The van der Waals surface area contributed by atoms with Crippen molar-refractivity contribution in [3.8, 4) is 5.75 Å². The van der Waals surface area contributed by atoms with E-state index in [0.717, 1.165) is 0 Å². The van der Waals surface area contributed by atoms with Gasteiger partial charge in [-0.2, -0.15) is 0 Å². The van der Waals surface area contributed by atoms with Gasteiger partial charge in [-0.1, -0.05) is 30.7 Å². The predicted octanol–water partition coefficient (Wildman–Crippen LogP) is 1.70. The van der Waals surface area contributed by atoms with Gasteiger partial charge in [0.1, 0.15) is 5.75 Å². The smallest absolute Gasteiger partial charge is 0.251 e. The quantitative estimate of drug-likeness (QED) is 0.729. The normalized spacial score (nSPS) is 11.9. The molecule has 4 N–H and O–H groups in total. The van der Waals surface area contributed by atoms with Crippen LogP contribution in [0.2, 0.25) is 5.02 Å². The lowest BCUT2D eigenvalue weighted by Crippen LogP contribution is -2.33. The highest BCUT2D eigenvalue weighted by Crippen LogP contribution is 2.23. The lowest BCUT2D eigenvalue weighted by molar-refractivity contribution is 0.0951. The van der Waals surface area contributed by atoms with E-state index in [1.165, 1.54) is 18.2 Å². The first-order chi connectivity index (χ1) is 7.91. The number of benzene rings is 1. The molecule has 1 aromatic carbocycles. The zero-order valence-electron chi connectivity index (χ0n) is 9.24. The second kappa shape index (κ2) is 5.84. The maximum Gasteiger partial charge on any atom is 0.251 e. The third kappa shape index (κ3) is 3.87. The Labute approximate surface area is 110 Å².